The molecule has 24 heavy (non-hydrogen) atoms. The van der Waals surface area contributed by atoms with Crippen LogP contribution in [0.4, 0.5) is 11.4 Å². The standard InChI is InChI=1S/C17H15NO5S/c1-14(23-24(20,21)22)12-13-17(19)18(15-8-4-2-5-9-15)16-10-6-3-7-11-16/h2-11,14H,1H3,(H,20,21,22)/t14-/m0/s1. The molecule has 1 N–H and O–H groups in total. The van der Waals surface area contributed by atoms with E-state index >= 15 is 0 Å². The first-order chi connectivity index (χ1) is 11.4. The fourth-order valence-electron chi connectivity index (χ4n) is 1.96. The van der Waals surface area contributed by atoms with Crippen molar-refractivity contribution in [2.24, 2.45) is 0 Å². The first-order valence-corrected chi connectivity index (χ1v) is 8.35. The quantitative estimate of drug-likeness (QED) is 0.680. The zero-order valence-electron chi connectivity index (χ0n) is 12.8. The minimum Gasteiger partial charge on any atom is -0.270 e. The maximum Gasteiger partial charge on any atom is 0.398 e. The monoisotopic (exact) mass is 345 g/mol. The number of para-hydroxylation sites is 2. The number of anilines is 2. The van der Waals surface area contributed by atoms with Gasteiger partial charge in [0.05, 0.1) is 0 Å². The molecule has 0 saturated carbocycles. The van der Waals surface area contributed by atoms with Crippen LogP contribution >= 0.6 is 0 Å². The molecule has 2 aromatic carbocycles. The first-order valence-electron chi connectivity index (χ1n) is 6.98. The minimum atomic E-state index is -4.62. The van der Waals surface area contributed by atoms with Crippen LogP contribution in [0.15, 0.2) is 60.7 Å². The van der Waals surface area contributed by atoms with Crippen molar-refractivity contribution in [3.8, 4) is 11.8 Å². The van der Waals surface area contributed by atoms with E-state index in [9.17, 15) is 13.2 Å². The molecule has 0 aromatic heterocycles. The first kappa shape index (κ1) is 17.7. The zero-order valence-corrected chi connectivity index (χ0v) is 13.6. The molecule has 0 fully saturated rings. The lowest BCUT2D eigenvalue weighted by molar-refractivity contribution is -0.112. The average Bonchev–Trinajstić information content (AvgIpc) is 2.54. The van der Waals surface area contributed by atoms with Crippen molar-refractivity contribution < 1.29 is 21.9 Å². The molecule has 6 nitrogen and oxygen atoms in total. The second-order valence-electron chi connectivity index (χ2n) is 4.75. The number of amides is 1. The molecular formula is C17H15NO5S. The van der Waals surface area contributed by atoms with Crippen molar-refractivity contribution in [3.05, 3.63) is 60.7 Å². The van der Waals surface area contributed by atoms with Gasteiger partial charge in [0.15, 0.2) is 0 Å². The number of carbonyl (C=O) groups excluding carboxylic acids is 1. The average molecular weight is 345 g/mol. The summed E-state index contributed by atoms with van der Waals surface area (Å²) in [7, 11) is -4.62. The lowest BCUT2D eigenvalue weighted by Crippen LogP contribution is -2.24. The molecule has 0 radical (unpaired) electrons. The van der Waals surface area contributed by atoms with E-state index in [1.54, 1.807) is 48.5 Å². The Kier molecular flexibility index (Phi) is 5.71. The van der Waals surface area contributed by atoms with Crippen LogP contribution in [0.1, 0.15) is 6.92 Å². The van der Waals surface area contributed by atoms with E-state index in [2.05, 4.69) is 16.0 Å². The number of hydrogen-bond acceptors (Lipinski definition) is 4. The van der Waals surface area contributed by atoms with Gasteiger partial charge in [0, 0.05) is 11.4 Å². The summed E-state index contributed by atoms with van der Waals surface area (Å²) >= 11 is 0. The fourth-order valence-corrected chi connectivity index (χ4v) is 2.38. The second kappa shape index (κ2) is 7.75. The van der Waals surface area contributed by atoms with Gasteiger partial charge in [-0.3, -0.25) is 14.2 Å². The molecule has 0 spiro atoms. The Morgan fingerprint density at radius 1 is 1.04 bits per heavy atom. The molecule has 0 heterocycles. The van der Waals surface area contributed by atoms with Gasteiger partial charge in [-0.1, -0.05) is 42.3 Å². The maximum atomic E-state index is 12.5. The number of benzene rings is 2. The summed E-state index contributed by atoms with van der Waals surface area (Å²) in [6, 6.07) is 17.8. The molecular weight excluding hydrogens is 330 g/mol. The molecule has 0 aliphatic heterocycles. The van der Waals surface area contributed by atoms with Gasteiger partial charge in [-0.25, -0.2) is 4.18 Å². The van der Waals surface area contributed by atoms with Crippen molar-refractivity contribution in [1.82, 2.24) is 0 Å². The van der Waals surface area contributed by atoms with Crippen LogP contribution in [0.25, 0.3) is 0 Å². The Bertz CT molecular complexity index is 815. The largest absolute Gasteiger partial charge is 0.398 e. The van der Waals surface area contributed by atoms with Crippen LogP contribution in [0.2, 0.25) is 0 Å². The molecule has 2 rings (SSSR count). The maximum absolute atomic E-state index is 12.5. The van der Waals surface area contributed by atoms with Crippen molar-refractivity contribution in [1.29, 1.82) is 0 Å². The summed E-state index contributed by atoms with van der Waals surface area (Å²) in [5.74, 6) is 4.14. The molecule has 124 valence electrons. The van der Waals surface area contributed by atoms with Crippen molar-refractivity contribution in [2.45, 2.75) is 13.0 Å². The number of rotatable bonds is 4. The highest BCUT2D eigenvalue weighted by Crippen LogP contribution is 2.24. The molecule has 1 atom stereocenters. The van der Waals surface area contributed by atoms with Gasteiger partial charge in [0.2, 0.25) is 0 Å². The zero-order chi connectivity index (χ0) is 17.6. The van der Waals surface area contributed by atoms with Crippen molar-refractivity contribution in [3.63, 3.8) is 0 Å². The summed E-state index contributed by atoms with van der Waals surface area (Å²) in [5, 5.41) is 0. The van der Waals surface area contributed by atoms with E-state index in [1.165, 1.54) is 11.8 Å². The van der Waals surface area contributed by atoms with Gasteiger partial charge in [-0.05, 0) is 37.1 Å². The highest BCUT2D eigenvalue weighted by molar-refractivity contribution is 7.80. The van der Waals surface area contributed by atoms with Crippen LogP contribution in [-0.2, 0) is 19.4 Å². The lowest BCUT2D eigenvalue weighted by atomic mass is 10.2. The Morgan fingerprint density at radius 2 is 1.50 bits per heavy atom. The van der Waals surface area contributed by atoms with E-state index in [-0.39, 0.29) is 0 Å². The predicted molar refractivity (Wildman–Crippen MR) is 89.9 cm³/mol. The van der Waals surface area contributed by atoms with Crippen LogP contribution in [0, 0.1) is 11.8 Å². The molecule has 0 unspecified atom stereocenters. The van der Waals surface area contributed by atoms with Gasteiger partial charge in [0.25, 0.3) is 0 Å². The SMILES string of the molecule is C[C@@H](C#CC(=O)N(c1ccccc1)c1ccccc1)OS(=O)(=O)O. The van der Waals surface area contributed by atoms with Gasteiger partial charge in [0.1, 0.15) is 6.10 Å². The van der Waals surface area contributed by atoms with Crippen LogP contribution < -0.4 is 4.90 Å². The van der Waals surface area contributed by atoms with Crippen molar-refractivity contribution >= 4 is 27.7 Å². The minimum absolute atomic E-state index is 0.557. The molecule has 0 aliphatic rings. The highest BCUT2D eigenvalue weighted by Gasteiger charge is 2.16. The van der Waals surface area contributed by atoms with E-state index in [1.807, 2.05) is 12.1 Å². The number of nitrogens with zero attached hydrogens (tertiary/aromatic N) is 1. The molecule has 0 bridgehead atoms. The van der Waals surface area contributed by atoms with E-state index in [4.69, 9.17) is 4.55 Å². The van der Waals surface area contributed by atoms with Crippen LogP contribution in [0.3, 0.4) is 0 Å². The third kappa shape index (κ3) is 5.21. The molecule has 7 heteroatoms. The summed E-state index contributed by atoms with van der Waals surface area (Å²) in [6.45, 7) is 1.31. The fraction of sp³-hybridized carbons (Fsp3) is 0.118. The van der Waals surface area contributed by atoms with Gasteiger partial charge in [-0.15, -0.1) is 0 Å². The summed E-state index contributed by atoms with van der Waals surface area (Å²) < 4.78 is 34.1. The topological polar surface area (TPSA) is 83.9 Å². The third-order valence-corrected chi connectivity index (χ3v) is 3.41. The third-order valence-electron chi connectivity index (χ3n) is 2.88. The van der Waals surface area contributed by atoms with E-state index < -0.39 is 22.4 Å². The van der Waals surface area contributed by atoms with Gasteiger partial charge >= 0.3 is 16.3 Å². The summed E-state index contributed by atoms with van der Waals surface area (Å²) in [6.07, 6.45) is -1.16. The van der Waals surface area contributed by atoms with Crippen LogP contribution in [0.5, 0.6) is 0 Å². The molecule has 0 aliphatic carbocycles. The molecule has 0 saturated heterocycles. The Balaban J connectivity index is 2.31. The smallest absolute Gasteiger partial charge is 0.270 e. The molecule has 2 aromatic rings. The van der Waals surface area contributed by atoms with Crippen molar-refractivity contribution in [2.75, 3.05) is 4.90 Å². The number of carbonyl (C=O) groups is 1. The van der Waals surface area contributed by atoms with Gasteiger partial charge in [-0.2, -0.15) is 8.42 Å². The lowest BCUT2D eigenvalue weighted by Gasteiger charge is -2.20. The summed E-state index contributed by atoms with van der Waals surface area (Å²) in [5.41, 5.74) is 1.23. The Labute approximate surface area is 140 Å². The number of hydrogen-bond donors (Lipinski definition) is 1. The van der Waals surface area contributed by atoms with E-state index in [0.717, 1.165) is 0 Å². The predicted octanol–water partition coefficient (Wildman–Crippen LogP) is 2.56. The second-order valence-corrected chi connectivity index (χ2v) is 5.80. The normalized spacial score (nSPS) is 11.9. The van der Waals surface area contributed by atoms with Gasteiger partial charge < -0.3 is 0 Å². The Morgan fingerprint density at radius 3 is 1.92 bits per heavy atom. The Hall–Kier alpha value is -2.66. The van der Waals surface area contributed by atoms with Crippen LogP contribution in [-0.4, -0.2) is 25.0 Å². The summed E-state index contributed by atoms with van der Waals surface area (Å²) in [4.78, 5) is 13.9. The highest BCUT2D eigenvalue weighted by atomic mass is 32.3. The molecule has 1 amide bonds. The van der Waals surface area contributed by atoms with E-state index in [0.29, 0.717) is 11.4 Å².